The highest BCUT2D eigenvalue weighted by atomic mass is 32.1. The van der Waals surface area contributed by atoms with Gasteiger partial charge in [-0.15, -0.1) is 11.3 Å². The Hall–Kier alpha value is -1.54. The first kappa shape index (κ1) is 14.4. The number of nitrogens with zero attached hydrogens (tertiary/aromatic N) is 1. The van der Waals surface area contributed by atoms with Gasteiger partial charge in [-0.1, -0.05) is 11.8 Å². The first-order valence-electron chi connectivity index (χ1n) is 7.30. The fourth-order valence-electron chi connectivity index (χ4n) is 2.29. The standard InChI is InChI=1S/C17H19NO2S/c19-10-2-1-5-16-8-9-17(21-16)13-18(14-6-7-14)12-15-4-3-11-20-15/h3-4,8-9,11,14,19H,2,6-7,10,12-13H2. The molecule has 110 valence electrons. The molecule has 2 heterocycles. The molecule has 0 aromatic carbocycles. The van der Waals surface area contributed by atoms with Crippen molar-refractivity contribution in [1.82, 2.24) is 4.90 Å². The van der Waals surface area contributed by atoms with Crippen LogP contribution >= 0.6 is 11.3 Å². The zero-order chi connectivity index (χ0) is 14.5. The van der Waals surface area contributed by atoms with Crippen LogP contribution in [0.4, 0.5) is 0 Å². The van der Waals surface area contributed by atoms with Crippen LogP contribution in [0.2, 0.25) is 0 Å². The minimum atomic E-state index is 0.129. The third-order valence-electron chi connectivity index (χ3n) is 3.47. The van der Waals surface area contributed by atoms with Gasteiger partial charge in [0, 0.05) is 23.9 Å². The zero-order valence-corrected chi connectivity index (χ0v) is 12.7. The van der Waals surface area contributed by atoms with E-state index in [9.17, 15) is 0 Å². The highest BCUT2D eigenvalue weighted by Gasteiger charge is 2.29. The Morgan fingerprint density at radius 1 is 1.29 bits per heavy atom. The number of aliphatic hydroxyl groups excluding tert-OH is 1. The Morgan fingerprint density at radius 3 is 2.90 bits per heavy atom. The average Bonchev–Trinajstić information content (AvgIpc) is 3.03. The van der Waals surface area contributed by atoms with Crippen LogP contribution in [0.5, 0.6) is 0 Å². The van der Waals surface area contributed by atoms with Crippen molar-refractivity contribution in [2.24, 2.45) is 0 Å². The van der Waals surface area contributed by atoms with E-state index in [1.807, 2.05) is 12.1 Å². The predicted octanol–water partition coefficient (Wildman–Crippen LogP) is 3.24. The average molecular weight is 301 g/mol. The number of rotatable bonds is 6. The van der Waals surface area contributed by atoms with Gasteiger partial charge in [-0.05, 0) is 37.1 Å². The normalized spacial score (nSPS) is 14.2. The Kier molecular flexibility index (Phi) is 4.76. The van der Waals surface area contributed by atoms with Crippen molar-refractivity contribution in [3.63, 3.8) is 0 Å². The molecular formula is C17H19NO2S. The lowest BCUT2D eigenvalue weighted by Gasteiger charge is -2.19. The summed E-state index contributed by atoms with van der Waals surface area (Å²) in [6.07, 6.45) is 4.85. The lowest BCUT2D eigenvalue weighted by Crippen LogP contribution is -2.24. The maximum absolute atomic E-state index is 8.74. The summed E-state index contributed by atoms with van der Waals surface area (Å²) in [7, 11) is 0. The van der Waals surface area contributed by atoms with Crippen molar-refractivity contribution in [2.45, 2.75) is 38.4 Å². The van der Waals surface area contributed by atoms with Crippen LogP contribution in [0.3, 0.4) is 0 Å². The molecule has 0 bridgehead atoms. The third-order valence-corrected chi connectivity index (χ3v) is 4.46. The molecule has 0 unspecified atom stereocenters. The second-order valence-electron chi connectivity index (χ2n) is 5.26. The quantitative estimate of drug-likeness (QED) is 0.832. The van der Waals surface area contributed by atoms with Gasteiger partial charge in [-0.25, -0.2) is 0 Å². The van der Waals surface area contributed by atoms with E-state index in [0.29, 0.717) is 12.5 Å². The lowest BCUT2D eigenvalue weighted by molar-refractivity contribution is 0.227. The molecule has 0 radical (unpaired) electrons. The molecule has 2 aromatic rings. The van der Waals surface area contributed by atoms with Crippen molar-refractivity contribution >= 4 is 11.3 Å². The minimum absolute atomic E-state index is 0.129. The number of thiophene rings is 1. The van der Waals surface area contributed by atoms with Gasteiger partial charge in [0.25, 0.3) is 0 Å². The number of aliphatic hydroxyl groups is 1. The van der Waals surface area contributed by atoms with Gasteiger partial charge in [0.2, 0.25) is 0 Å². The topological polar surface area (TPSA) is 36.6 Å². The lowest BCUT2D eigenvalue weighted by atomic mass is 10.3. The van der Waals surface area contributed by atoms with Gasteiger partial charge in [-0.2, -0.15) is 0 Å². The molecule has 4 heteroatoms. The van der Waals surface area contributed by atoms with Crippen LogP contribution in [-0.2, 0) is 13.1 Å². The molecule has 0 spiro atoms. The molecule has 21 heavy (non-hydrogen) atoms. The van der Waals surface area contributed by atoms with Crippen LogP contribution < -0.4 is 0 Å². The minimum Gasteiger partial charge on any atom is -0.468 e. The molecule has 0 saturated heterocycles. The van der Waals surface area contributed by atoms with E-state index in [1.54, 1.807) is 17.6 Å². The number of hydrogen-bond acceptors (Lipinski definition) is 4. The van der Waals surface area contributed by atoms with Gasteiger partial charge in [0.15, 0.2) is 0 Å². The van der Waals surface area contributed by atoms with E-state index >= 15 is 0 Å². The molecule has 0 atom stereocenters. The van der Waals surface area contributed by atoms with Crippen molar-refractivity contribution in [2.75, 3.05) is 6.61 Å². The molecule has 1 N–H and O–H groups in total. The first-order valence-corrected chi connectivity index (χ1v) is 8.11. The Bertz CT molecular complexity index is 617. The van der Waals surface area contributed by atoms with Crippen LogP contribution in [0.15, 0.2) is 34.9 Å². The maximum atomic E-state index is 8.74. The van der Waals surface area contributed by atoms with Crippen molar-refractivity contribution in [3.8, 4) is 11.8 Å². The molecule has 3 nitrogen and oxygen atoms in total. The van der Waals surface area contributed by atoms with Gasteiger partial charge in [0.05, 0.1) is 24.3 Å². The smallest absolute Gasteiger partial charge is 0.117 e. The zero-order valence-electron chi connectivity index (χ0n) is 11.9. The van der Waals surface area contributed by atoms with Crippen LogP contribution in [0.25, 0.3) is 0 Å². The van der Waals surface area contributed by atoms with E-state index < -0.39 is 0 Å². The largest absolute Gasteiger partial charge is 0.468 e. The van der Waals surface area contributed by atoms with E-state index in [1.165, 1.54) is 17.7 Å². The molecule has 0 aliphatic heterocycles. The van der Waals surface area contributed by atoms with Gasteiger partial charge < -0.3 is 9.52 Å². The van der Waals surface area contributed by atoms with Crippen LogP contribution in [0, 0.1) is 11.8 Å². The monoisotopic (exact) mass is 301 g/mol. The van der Waals surface area contributed by atoms with Gasteiger partial charge >= 0.3 is 0 Å². The van der Waals surface area contributed by atoms with Crippen molar-refractivity contribution < 1.29 is 9.52 Å². The fourth-order valence-corrected chi connectivity index (χ4v) is 3.20. The summed E-state index contributed by atoms with van der Waals surface area (Å²) in [6, 6.07) is 8.91. The molecule has 0 amide bonds. The van der Waals surface area contributed by atoms with E-state index in [0.717, 1.165) is 23.7 Å². The van der Waals surface area contributed by atoms with Crippen molar-refractivity contribution in [1.29, 1.82) is 0 Å². The Labute approximate surface area is 129 Å². The highest BCUT2D eigenvalue weighted by molar-refractivity contribution is 7.12. The summed E-state index contributed by atoms with van der Waals surface area (Å²) < 4.78 is 5.47. The van der Waals surface area contributed by atoms with Gasteiger partial charge in [-0.3, -0.25) is 4.90 Å². The third kappa shape index (κ3) is 4.21. The summed E-state index contributed by atoms with van der Waals surface area (Å²) in [6.45, 7) is 1.96. The fraction of sp³-hybridized carbons (Fsp3) is 0.412. The first-order chi connectivity index (χ1) is 10.3. The highest BCUT2D eigenvalue weighted by Crippen LogP contribution is 2.31. The Morgan fingerprint density at radius 2 is 2.19 bits per heavy atom. The molecule has 1 saturated carbocycles. The molecule has 2 aromatic heterocycles. The summed E-state index contributed by atoms with van der Waals surface area (Å²) in [5.74, 6) is 7.10. The van der Waals surface area contributed by atoms with Crippen LogP contribution in [-0.4, -0.2) is 22.7 Å². The molecule has 1 aliphatic carbocycles. The number of furan rings is 1. The van der Waals surface area contributed by atoms with E-state index in [-0.39, 0.29) is 6.61 Å². The predicted molar refractivity (Wildman–Crippen MR) is 83.9 cm³/mol. The second kappa shape index (κ2) is 6.95. The molecule has 1 aliphatic rings. The van der Waals surface area contributed by atoms with Gasteiger partial charge in [0.1, 0.15) is 5.76 Å². The summed E-state index contributed by atoms with van der Waals surface area (Å²) in [5, 5.41) is 8.74. The summed E-state index contributed by atoms with van der Waals surface area (Å²) in [4.78, 5) is 4.89. The molecular weight excluding hydrogens is 282 g/mol. The summed E-state index contributed by atoms with van der Waals surface area (Å²) in [5.41, 5.74) is 0. The summed E-state index contributed by atoms with van der Waals surface area (Å²) >= 11 is 1.74. The SMILES string of the molecule is OCCC#Cc1ccc(CN(Cc2ccco2)C2CC2)s1. The molecule has 3 rings (SSSR count). The number of hydrogen-bond donors (Lipinski definition) is 1. The maximum Gasteiger partial charge on any atom is 0.117 e. The van der Waals surface area contributed by atoms with E-state index in [4.69, 9.17) is 9.52 Å². The van der Waals surface area contributed by atoms with Crippen molar-refractivity contribution in [3.05, 3.63) is 46.0 Å². The molecule has 1 fully saturated rings. The van der Waals surface area contributed by atoms with E-state index in [2.05, 4.69) is 28.9 Å². The second-order valence-corrected chi connectivity index (χ2v) is 6.43. The van der Waals surface area contributed by atoms with Crippen LogP contribution in [0.1, 0.15) is 34.8 Å². The Balaban J connectivity index is 1.62.